The number of nitrogens with zero attached hydrogens (tertiary/aromatic N) is 15. The van der Waals surface area contributed by atoms with Crippen molar-refractivity contribution < 1.29 is 0 Å². The molecule has 0 saturated heterocycles. The van der Waals surface area contributed by atoms with Crippen molar-refractivity contribution in [1.29, 1.82) is 0 Å². The maximum Gasteiger partial charge on any atom is 0.0110 e. The molecule has 0 spiro atoms. The number of nitrogens with two attached hydrogens (primary N) is 6. The minimum absolute atomic E-state index is 0.669. The van der Waals surface area contributed by atoms with Crippen LogP contribution in [0.1, 0.15) is 46.0 Å². The van der Waals surface area contributed by atoms with Gasteiger partial charge in [-0.15, -0.1) is 0 Å². The number of likely N-dealkylation sites (N-methyl/N-ethyl adjacent to an activating group) is 7. The summed E-state index contributed by atoms with van der Waals surface area (Å²) in [4.78, 5) is 37.4. The average Bonchev–Trinajstić information content (AvgIpc) is 3.48. The van der Waals surface area contributed by atoms with Crippen molar-refractivity contribution in [3.8, 4) is 0 Å². The van der Waals surface area contributed by atoms with E-state index in [4.69, 9.17) is 34.4 Å². The third-order valence-corrected chi connectivity index (χ3v) is 15.9. The van der Waals surface area contributed by atoms with Crippen LogP contribution in [-0.4, -0.2) is 439 Å². The number of nitrogens with one attached hydrogen (secondary N) is 2. The highest BCUT2D eigenvalue weighted by atomic mass is 15.3. The molecule has 0 heterocycles. The molecule has 0 aliphatic rings. The van der Waals surface area contributed by atoms with E-state index in [0.717, 1.165) is 249 Å². The van der Waals surface area contributed by atoms with E-state index in [9.17, 15) is 0 Å². The van der Waals surface area contributed by atoms with Crippen molar-refractivity contribution in [3.05, 3.63) is 0 Å². The van der Waals surface area contributed by atoms with E-state index in [1.54, 1.807) is 0 Å². The number of hydrogen-bond donors (Lipinski definition) is 8. The first-order chi connectivity index (χ1) is 40.9. The Bertz CT molecular complexity index is 1320. The Hall–Kier alpha value is -0.920. The first-order valence-corrected chi connectivity index (χ1v) is 33.9. The highest BCUT2D eigenvalue weighted by Gasteiger charge is 2.17. The Kier molecular flexibility index (Phi) is 62.7. The van der Waals surface area contributed by atoms with Gasteiger partial charge in [-0.05, 0) is 129 Å². The third-order valence-electron chi connectivity index (χ3n) is 15.9. The highest BCUT2D eigenvalue weighted by molar-refractivity contribution is 4.74. The Morgan fingerprint density at radius 3 is 0.729 bits per heavy atom. The van der Waals surface area contributed by atoms with Crippen molar-refractivity contribution in [3.63, 3.8) is 0 Å². The van der Waals surface area contributed by atoms with Gasteiger partial charge < -0.3 is 94.0 Å². The van der Waals surface area contributed by atoms with Crippen LogP contribution in [0.2, 0.25) is 0 Å². The number of unbranched alkanes of at least 4 members (excludes halogenated alkanes) is 2. The first kappa shape index (κ1) is 86.1. The minimum Gasteiger partial charge on any atom is -0.330 e. The molecular weight excluding hydrogens is 1070 g/mol. The molecule has 514 valence electrons. The van der Waals surface area contributed by atoms with Crippen molar-refractivity contribution >= 4 is 0 Å². The minimum atomic E-state index is 0.669. The van der Waals surface area contributed by atoms with Crippen LogP contribution in [0.3, 0.4) is 0 Å². The molecule has 0 atom stereocenters. The fourth-order valence-corrected chi connectivity index (χ4v) is 9.91. The molecule has 14 N–H and O–H groups in total. The summed E-state index contributed by atoms with van der Waals surface area (Å²) in [5, 5.41) is 7.05. The van der Waals surface area contributed by atoms with Crippen molar-refractivity contribution in [2.24, 2.45) is 34.4 Å². The van der Waals surface area contributed by atoms with E-state index in [1.165, 1.54) is 38.8 Å². The van der Waals surface area contributed by atoms with E-state index >= 15 is 0 Å². The molecule has 0 unspecified atom stereocenters. The van der Waals surface area contributed by atoms with Gasteiger partial charge in [0.25, 0.3) is 0 Å². The second kappa shape index (κ2) is 61.9. The van der Waals surface area contributed by atoms with Gasteiger partial charge in [0.15, 0.2) is 0 Å². The SMILES string of the molecule is CCCN(CCN(C)C)CCN(C)CCN(CCN(C)CCN(C)C)CCN(CCN(C)CCN(C)C)CCN(CCC)CCN(C)C.NCCCCCN(CCN(CCN)CCN)CCN(CCNCCN)CCNCCN(CCN)CCN. The average molecular weight is 1220 g/mol. The molecule has 23 nitrogen and oxygen atoms in total. The van der Waals surface area contributed by atoms with Crippen LogP contribution in [0, 0.1) is 0 Å². The zero-order valence-electron chi connectivity index (χ0n) is 58.8. The number of rotatable bonds is 64. The fourth-order valence-electron chi connectivity index (χ4n) is 9.91. The van der Waals surface area contributed by atoms with Gasteiger partial charge in [0.2, 0.25) is 0 Å². The zero-order chi connectivity index (χ0) is 63.7. The Labute approximate surface area is 528 Å². The van der Waals surface area contributed by atoms with Gasteiger partial charge in [0.05, 0.1) is 0 Å². The molecule has 23 heteroatoms. The Balaban J connectivity index is 0. The summed E-state index contributed by atoms with van der Waals surface area (Å²) < 4.78 is 0. The molecule has 0 saturated carbocycles. The molecular formula is C62H151N23. The van der Waals surface area contributed by atoms with Gasteiger partial charge in [-0.3, -0.25) is 24.5 Å². The van der Waals surface area contributed by atoms with Gasteiger partial charge in [0.1, 0.15) is 0 Å². The third kappa shape index (κ3) is 58.0. The van der Waals surface area contributed by atoms with Crippen LogP contribution >= 0.6 is 0 Å². The van der Waals surface area contributed by atoms with E-state index in [0.29, 0.717) is 32.7 Å². The molecule has 0 fully saturated rings. The van der Waals surface area contributed by atoms with Crippen molar-refractivity contribution in [1.82, 2.24) is 84.1 Å². The predicted octanol–water partition coefficient (Wildman–Crippen LogP) is -2.65. The smallest absolute Gasteiger partial charge is 0.0110 e. The monoisotopic (exact) mass is 1220 g/mol. The van der Waals surface area contributed by atoms with Crippen LogP contribution in [0.15, 0.2) is 0 Å². The molecule has 0 rings (SSSR count). The molecule has 0 aliphatic heterocycles. The highest BCUT2D eigenvalue weighted by Crippen LogP contribution is 2.04. The lowest BCUT2D eigenvalue weighted by Gasteiger charge is -2.33. The van der Waals surface area contributed by atoms with Crippen molar-refractivity contribution in [2.45, 2.75) is 46.0 Å². The van der Waals surface area contributed by atoms with E-state index in [1.807, 2.05) is 0 Å². The normalized spacial score (nSPS) is 12.6. The van der Waals surface area contributed by atoms with Crippen LogP contribution in [0.25, 0.3) is 0 Å². The predicted molar refractivity (Wildman–Crippen MR) is 373 cm³/mol. The lowest BCUT2D eigenvalue weighted by atomic mass is 10.2. The van der Waals surface area contributed by atoms with Crippen LogP contribution < -0.4 is 45.0 Å². The lowest BCUT2D eigenvalue weighted by Crippen LogP contribution is -2.46. The molecule has 0 aromatic carbocycles. The van der Waals surface area contributed by atoms with Crippen LogP contribution in [0.4, 0.5) is 0 Å². The molecule has 85 heavy (non-hydrogen) atoms. The summed E-state index contributed by atoms with van der Waals surface area (Å²) in [5.41, 5.74) is 34.4. The standard InChI is InChI=1S/C37H87N11.C25H64N12/c1-14-16-45(28-20-40(7)8)30-24-44(13)27-32-47(31-25-42(11)22-18-38(3)4)36-37-48(33-26-43(12)23-19-39(5)6)35-34-46(17-15-2)29-21-41(9)10;26-4-2-1-3-14-34(22-24-36(17-8-30)18-9-31)23-25-37(20-11-32-10-5-27)21-13-33-12-19-35(15-6-28)16-7-29/h14-37H2,1-13H3;32-33H,1-31H2. The summed E-state index contributed by atoms with van der Waals surface area (Å²) in [6.07, 6.45) is 5.91. The molecule has 0 aromatic rings. The number of hydrogen-bond acceptors (Lipinski definition) is 23. The summed E-state index contributed by atoms with van der Waals surface area (Å²) in [7, 11) is 24.3. The second-order valence-electron chi connectivity index (χ2n) is 25.1. The zero-order valence-corrected chi connectivity index (χ0v) is 58.8. The maximum absolute atomic E-state index is 5.81. The van der Waals surface area contributed by atoms with Gasteiger partial charge in [0, 0.05) is 262 Å². The quantitative estimate of drug-likeness (QED) is 0.0291. The molecule has 0 aliphatic carbocycles. The van der Waals surface area contributed by atoms with Crippen molar-refractivity contribution in [2.75, 3.05) is 365 Å². The van der Waals surface area contributed by atoms with Crippen LogP contribution in [0.5, 0.6) is 0 Å². The largest absolute Gasteiger partial charge is 0.330 e. The molecule has 0 bridgehead atoms. The van der Waals surface area contributed by atoms with E-state index in [2.05, 4.69) is 176 Å². The summed E-state index contributed by atoms with van der Waals surface area (Å²) in [6, 6.07) is 0. The fraction of sp³-hybridized carbons (Fsp3) is 1.00. The maximum atomic E-state index is 5.81. The molecule has 0 aromatic heterocycles. The van der Waals surface area contributed by atoms with Gasteiger partial charge >= 0.3 is 0 Å². The summed E-state index contributed by atoms with van der Waals surface area (Å²) in [5.74, 6) is 0. The Morgan fingerprint density at radius 2 is 0.435 bits per heavy atom. The second-order valence-corrected chi connectivity index (χ2v) is 25.1. The molecule has 0 amide bonds. The summed E-state index contributed by atoms with van der Waals surface area (Å²) in [6.45, 7) is 49.3. The van der Waals surface area contributed by atoms with E-state index < -0.39 is 0 Å². The first-order valence-electron chi connectivity index (χ1n) is 33.9. The van der Waals surface area contributed by atoms with E-state index in [-0.39, 0.29) is 0 Å². The topological polar surface area (TPSA) is 229 Å². The van der Waals surface area contributed by atoms with Gasteiger partial charge in [-0.1, -0.05) is 20.3 Å². The van der Waals surface area contributed by atoms with Crippen LogP contribution in [-0.2, 0) is 0 Å². The van der Waals surface area contributed by atoms with Gasteiger partial charge in [-0.2, -0.15) is 0 Å². The summed E-state index contributed by atoms with van der Waals surface area (Å²) >= 11 is 0. The Morgan fingerprint density at radius 1 is 0.200 bits per heavy atom. The molecule has 0 radical (unpaired) electrons. The lowest BCUT2D eigenvalue weighted by molar-refractivity contribution is 0.140. The van der Waals surface area contributed by atoms with Gasteiger partial charge in [-0.25, -0.2) is 0 Å².